The monoisotopic (exact) mass is 361 g/mol. The third-order valence-electron chi connectivity index (χ3n) is 2.96. The molecule has 5 N–H and O–H groups in total. The second kappa shape index (κ2) is 6.40. The zero-order valence-corrected chi connectivity index (χ0v) is 12.8. The molecule has 2 aromatic carbocycles. The summed E-state index contributed by atoms with van der Waals surface area (Å²) in [4.78, 5) is 23.0. The van der Waals surface area contributed by atoms with Crippen molar-refractivity contribution >= 4 is 45.4 Å². The molecule has 1 amide bonds. The lowest BCUT2D eigenvalue weighted by Gasteiger charge is -2.11. The number of nitrogen functional groups attached to an aromatic ring is 1. The highest BCUT2D eigenvalue weighted by molar-refractivity contribution is 9.10. The van der Waals surface area contributed by atoms with E-state index in [2.05, 4.69) is 21.2 Å². The summed E-state index contributed by atoms with van der Waals surface area (Å²) in [7, 11) is 0. The van der Waals surface area contributed by atoms with E-state index in [4.69, 9.17) is 16.2 Å². The summed E-state index contributed by atoms with van der Waals surface area (Å²) >= 11 is 3.28. The smallest absolute Gasteiger partial charge is 0.335 e. The van der Waals surface area contributed by atoms with Crippen LogP contribution >= 0.6 is 15.9 Å². The summed E-state index contributed by atoms with van der Waals surface area (Å²) in [5.74, 6) is -1.48. The fourth-order valence-corrected chi connectivity index (χ4v) is 2.34. The highest BCUT2D eigenvalue weighted by Gasteiger charge is 2.12. The fourth-order valence-electron chi connectivity index (χ4n) is 1.86. The summed E-state index contributed by atoms with van der Waals surface area (Å²) in [6.45, 7) is 0. The Bertz CT molecular complexity index is 757. The van der Waals surface area contributed by atoms with Gasteiger partial charge in [0.1, 0.15) is 0 Å². The van der Waals surface area contributed by atoms with Crippen LogP contribution in [0.4, 0.5) is 11.4 Å². The van der Waals surface area contributed by atoms with Crippen molar-refractivity contribution in [2.45, 2.75) is 0 Å². The van der Waals surface area contributed by atoms with Gasteiger partial charge < -0.3 is 21.6 Å². The molecule has 0 aromatic heterocycles. The average Bonchev–Trinajstić information content (AvgIpc) is 2.47. The number of hydrogen-bond donors (Lipinski definition) is 4. The third kappa shape index (κ3) is 3.32. The SMILES string of the molecule is N=Cc1c(N)cc(Br)cc1NC(=O)c1ccc(C(=O)O)cc1. The number of aromatic carboxylic acids is 1. The molecule has 0 saturated carbocycles. The zero-order valence-electron chi connectivity index (χ0n) is 11.3. The molecule has 7 heteroatoms. The Morgan fingerprint density at radius 3 is 2.32 bits per heavy atom. The van der Waals surface area contributed by atoms with Crippen LogP contribution in [0, 0.1) is 5.41 Å². The molecule has 0 saturated heterocycles. The summed E-state index contributed by atoms with van der Waals surface area (Å²) in [5, 5.41) is 18.9. The lowest BCUT2D eigenvalue weighted by atomic mass is 10.1. The van der Waals surface area contributed by atoms with Crippen molar-refractivity contribution in [3.8, 4) is 0 Å². The largest absolute Gasteiger partial charge is 0.478 e. The number of halogens is 1. The molecule has 112 valence electrons. The second-order valence-electron chi connectivity index (χ2n) is 4.44. The predicted molar refractivity (Wildman–Crippen MR) is 87.8 cm³/mol. The Kier molecular flexibility index (Phi) is 4.57. The minimum Gasteiger partial charge on any atom is -0.478 e. The molecule has 6 nitrogen and oxygen atoms in total. The molecule has 0 aliphatic rings. The van der Waals surface area contributed by atoms with Gasteiger partial charge in [-0.2, -0.15) is 0 Å². The molecule has 0 aliphatic heterocycles. The van der Waals surface area contributed by atoms with Crippen LogP contribution < -0.4 is 11.1 Å². The van der Waals surface area contributed by atoms with Crippen LogP contribution in [0.3, 0.4) is 0 Å². The molecule has 0 spiro atoms. The van der Waals surface area contributed by atoms with Crippen LogP contribution in [0.15, 0.2) is 40.9 Å². The number of rotatable bonds is 4. The number of nitrogens with two attached hydrogens (primary N) is 1. The number of amides is 1. The molecule has 22 heavy (non-hydrogen) atoms. The molecule has 0 aliphatic carbocycles. The topological polar surface area (TPSA) is 116 Å². The number of carboxylic acids is 1. The van der Waals surface area contributed by atoms with Crippen molar-refractivity contribution in [1.29, 1.82) is 5.41 Å². The van der Waals surface area contributed by atoms with Gasteiger partial charge >= 0.3 is 5.97 Å². The van der Waals surface area contributed by atoms with Gasteiger partial charge in [-0.1, -0.05) is 15.9 Å². The third-order valence-corrected chi connectivity index (χ3v) is 3.42. The minimum atomic E-state index is -1.06. The molecule has 0 fully saturated rings. The maximum Gasteiger partial charge on any atom is 0.335 e. The first-order valence-corrected chi connectivity index (χ1v) is 6.96. The first-order chi connectivity index (χ1) is 10.4. The normalized spacial score (nSPS) is 10.0. The van der Waals surface area contributed by atoms with Crippen LogP contribution in [0.1, 0.15) is 26.3 Å². The van der Waals surface area contributed by atoms with Crippen molar-refractivity contribution in [3.63, 3.8) is 0 Å². The van der Waals surface area contributed by atoms with Gasteiger partial charge in [-0.3, -0.25) is 4.79 Å². The van der Waals surface area contributed by atoms with Gasteiger partial charge in [0.2, 0.25) is 0 Å². The van der Waals surface area contributed by atoms with Crippen LogP contribution in [0.5, 0.6) is 0 Å². The van der Waals surface area contributed by atoms with Gasteiger partial charge in [-0.25, -0.2) is 4.79 Å². The maximum absolute atomic E-state index is 12.2. The van der Waals surface area contributed by atoms with Gasteiger partial charge in [0.05, 0.1) is 11.3 Å². The molecule has 0 atom stereocenters. The Hall–Kier alpha value is -2.67. The number of benzene rings is 2. The van der Waals surface area contributed by atoms with Crippen LogP contribution in [-0.4, -0.2) is 23.2 Å². The first kappa shape index (κ1) is 15.7. The highest BCUT2D eigenvalue weighted by Crippen LogP contribution is 2.26. The molecule has 0 bridgehead atoms. The van der Waals surface area contributed by atoms with E-state index in [1.165, 1.54) is 24.3 Å². The van der Waals surface area contributed by atoms with E-state index in [1.807, 2.05) is 0 Å². The van der Waals surface area contributed by atoms with E-state index in [1.54, 1.807) is 12.1 Å². The lowest BCUT2D eigenvalue weighted by molar-refractivity contribution is 0.0696. The molecule has 2 rings (SSSR count). The second-order valence-corrected chi connectivity index (χ2v) is 5.35. The average molecular weight is 362 g/mol. The Morgan fingerprint density at radius 2 is 1.77 bits per heavy atom. The van der Waals surface area contributed by atoms with Crippen molar-refractivity contribution in [1.82, 2.24) is 0 Å². The molecule has 0 heterocycles. The van der Waals surface area contributed by atoms with Gasteiger partial charge in [-0.15, -0.1) is 0 Å². The van der Waals surface area contributed by atoms with Gasteiger partial charge in [-0.05, 0) is 36.4 Å². The standard InChI is InChI=1S/C15H12BrN3O3/c16-10-5-12(18)11(7-17)13(6-10)19-14(20)8-1-3-9(4-2-8)15(21)22/h1-7,17H,18H2,(H,19,20)(H,21,22). The molecule has 0 unspecified atom stereocenters. The van der Waals surface area contributed by atoms with Crippen molar-refractivity contribution < 1.29 is 14.7 Å². The Labute approximate surface area is 134 Å². The van der Waals surface area contributed by atoms with E-state index in [9.17, 15) is 9.59 Å². The summed E-state index contributed by atoms with van der Waals surface area (Å²) in [5.41, 5.74) is 7.37. The first-order valence-electron chi connectivity index (χ1n) is 6.16. The lowest BCUT2D eigenvalue weighted by Crippen LogP contribution is -2.14. The van der Waals surface area contributed by atoms with Crippen molar-refractivity contribution in [3.05, 3.63) is 57.6 Å². The summed E-state index contributed by atoms with van der Waals surface area (Å²) < 4.78 is 0.673. The van der Waals surface area contributed by atoms with Gasteiger partial charge in [0.25, 0.3) is 5.91 Å². The number of hydrogen-bond acceptors (Lipinski definition) is 4. The Morgan fingerprint density at radius 1 is 1.18 bits per heavy atom. The number of carboxylic acid groups (broad SMARTS) is 1. The van der Waals surface area contributed by atoms with E-state index < -0.39 is 11.9 Å². The van der Waals surface area contributed by atoms with Crippen LogP contribution in [0.25, 0.3) is 0 Å². The number of carbonyl (C=O) groups is 2. The number of anilines is 2. The van der Waals surface area contributed by atoms with Gasteiger partial charge in [0.15, 0.2) is 0 Å². The molecular formula is C15H12BrN3O3. The predicted octanol–water partition coefficient (Wildman–Crippen LogP) is 2.98. The van der Waals surface area contributed by atoms with Crippen LogP contribution in [0.2, 0.25) is 0 Å². The van der Waals surface area contributed by atoms with E-state index in [0.29, 0.717) is 27.0 Å². The summed E-state index contributed by atoms with van der Waals surface area (Å²) in [6.07, 6.45) is 1.06. The summed E-state index contributed by atoms with van der Waals surface area (Å²) in [6, 6.07) is 8.82. The fraction of sp³-hybridized carbons (Fsp3) is 0. The van der Waals surface area contributed by atoms with Crippen LogP contribution in [-0.2, 0) is 0 Å². The zero-order chi connectivity index (χ0) is 16.3. The maximum atomic E-state index is 12.2. The molecule has 0 radical (unpaired) electrons. The Balaban J connectivity index is 2.29. The quantitative estimate of drug-likeness (QED) is 0.494. The van der Waals surface area contributed by atoms with Crippen molar-refractivity contribution in [2.24, 2.45) is 0 Å². The minimum absolute atomic E-state index is 0.100. The molecule has 2 aromatic rings. The van der Waals surface area contributed by atoms with E-state index in [-0.39, 0.29) is 5.56 Å². The highest BCUT2D eigenvalue weighted by atomic mass is 79.9. The van der Waals surface area contributed by atoms with E-state index in [0.717, 1.165) is 6.21 Å². The number of carbonyl (C=O) groups excluding carboxylic acids is 1. The number of nitrogens with one attached hydrogen (secondary N) is 2. The van der Waals surface area contributed by atoms with Gasteiger partial charge in [0, 0.05) is 27.5 Å². The van der Waals surface area contributed by atoms with E-state index >= 15 is 0 Å². The molecular weight excluding hydrogens is 350 g/mol. The van der Waals surface area contributed by atoms with Crippen molar-refractivity contribution in [2.75, 3.05) is 11.1 Å².